The van der Waals surface area contributed by atoms with Crippen LogP contribution in [-0.4, -0.2) is 52.3 Å². The molecular formula is C17H22N2O4. The zero-order valence-corrected chi connectivity index (χ0v) is 13.7. The number of rotatable bonds is 5. The van der Waals surface area contributed by atoms with Crippen LogP contribution in [0.5, 0.6) is 0 Å². The summed E-state index contributed by atoms with van der Waals surface area (Å²) in [5.74, 6) is -1.58. The largest absolute Gasteiger partial charge is 0.480 e. The summed E-state index contributed by atoms with van der Waals surface area (Å²) in [7, 11) is 0. The molecule has 124 valence electrons. The molecule has 0 saturated carbocycles. The van der Waals surface area contributed by atoms with Crippen LogP contribution in [0.1, 0.15) is 36.7 Å². The second kappa shape index (κ2) is 6.40. The number of carbonyl (C=O) groups is 3. The van der Waals surface area contributed by atoms with Crippen molar-refractivity contribution in [1.29, 1.82) is 0 Å². The van der Waals surface area contributed by atoms with E-state index in [1.807, 2.05) is 32.9 Å². The van der Waals surface area contributed by atoms with Crippen molar-refractivity contribution < 1.29 is 19.5 Å². The first-order chi connectivity index (χ1) is 10.7. The molecule has 2 rings (SSSR count). The van der Waals surface area contributed by atoms with Gasteiger partial charge in [0.2, 0.25) is 5.91 Å². The average Bonchev–Trinajstić information content (AvgIpc) is 2.73. The third-order valence-corrected chi connectivity index (χ3v) is 3.57. The van der Waals surface area contributed by atoms with Crippen LogP contribution in [0.4, 0.5) is 0 Å². The standard InChI is InChI=1S/C17H22N2O4/c1-17(2,3)11-19(10-15(21)22)14(20)9-18-8-12-6-4-5-7-13(12)16(18)23/h4-7H,8-11H2,1-3H3,(H,21,22). The maximum absolute atomic E-state index is 12.5. The number of aliphatic carboxylic acids is 1. The molecule has 0 aliphatic carbocycles. The van der Waals surface area contributed by atoms with Gasteiger partial charge in [0, 0.05) is 18.7 Å². The number of carboxylic acid groups (broad SMARTS) is 1. The molecule has 6 nitrogen and oxygen atoms in total. The summed E-state index contributed by atoms with van der Waals surface area (Å²) >= 11 is 0. The van der Waals surface area contributed by atoms with Crippen molar-refractivity contribution in [3.05, 3.63) is 35.4 Å². The van der Waals surface area contributed by atoms with E-state index < -0.39 is 5.97 Å². The smallest absolute Gasteiger partial charge is 0.323 e. The fraction of sp³-hybridized carbons (Fsp3) is 0.471. The van der Waals surface area contributed by atoms with E-state index in [1.165, 1.54) is 9.80 Å². The van der Waals surface area contributed by atoms with Gasteiger partial charge in [0.05, 0.1) is 0 Å². The quantitative estimate of drug-likeness (QED) is 0.894. The van der Waals surface area contributed by atoms with Gasteiger partial charge >= 0.3 is 5.97 Å². The van der Waals surface area contributed by atoms with E-state index in [9.17, 15) is 14.4 Å². The lowest BCUT2D eigenvalue weighted by Gasteiger charge is -2.30. The van der Waals surface area contributed by atoms with Gasteiger partial charge < -0.3 is 14.9 Å². The number of hydrogen-bond donors (Lipinski definition) is 1. The first kappa shape index (κ1) is 17.0. The van der Waals surface area contributed by atoms with Crippen molar-refractivity contribution in [2.24, 2.45) is 5.41 Å². The van der Waals surface area contributed by atoms with Gasteiger partial charge in [-0.05, 0) is 17.0 Å². The predicted molar refractivity (Wildman–Crippen MR) is 84.9 cm³/mol. The summed E-state index contributed by atoms with van der Waals surface area (Å²) in [6.07, 6.45) is 0. The normalized spacial score (nSPS) is 13.9. The highest BCUT2D eigenvalue weighted by Crippen LogP contribution is 2.22. The Balaban J connectivity index is 2.07. The summed E-state index contributed by atoms with van der Waals surface area (Å²) < 4.78 is 0. The second-order valence-corrected chi connectivity index (χ2v) is 7.02. The summed E-state index contributed by atoms with van der Waals surface area (Å²) in [4.78, 5) is 38.6. The molecule has 0 saturated heterocycles. The van der Waals surface area contributed by atoms with Crippen LogP contribution in [0.25, 0.3) is 0 Å². The Kier molecular flexibility index (Phi) is 4.73. The van der Waals surface area contributed by atoms with Crippen molar-refractivity contribution in [2.75, 3.05) is 19.6 Å². The number of hydrogen-bond acceptors (Lipinski definition) is 3. The lowest BCUT2D eigenvalue weighted by Crippen LogP contribution is -2.46. The summed E-state index contributed by atoms with van der Waals surface area (Å²) in [6, 6.07) is 7.25. The summed E-state index contributed by atoms with van der Waals surface area (Å²) in [5, 5.41) is 9.01. The van der Waals surface area contributed by atoms with Gasteiger partial charge in [-0.15, -0.1) is 0 Å². The molecule has 0 bridgehead atoms. The molecule has 1 aliphatic heterocycles. The molecule has 0 radical (unpaired) electrons. The van der Waals surface area contributed by atoms with Gasteiger partial charge in [-0.25, -0.2) is 0 Å². The fourth-order valence-corrected chi connectivity index (χ4v) is 2.67. The van der Waals surface area contributed by atoms with Gasteiger partial charge in [-0.2, -0.15) is 0 Å². The van der Waals surface area contributed by atoms with E-state index >= 15 is 0 Å². The number of benzene rings is 1. The molecule has 23 heavy (non-hydrogen) atoms. The van der Waals surface area contributed by atoms with E-state index in [0.717, 1.165) is 5.56 Å². The number of amides is 2. The van der Waals surface area contributed by atoms with E-state index in [1.54, 1.807) is 12.1 Å². The van der Waals surface area contributed by atoms with Crippen molar-refractivity contribution >= 4 is 17.8 Å². The van der Waals surface area contributed by atoms with Gasteiger partial charge in [0.25, 0.3) is 5.91 Å². The Hall–Kier alpha value is -2.37. The molecule has 1 heterocycles. The van der Waals surface area contributed by atoms with Crippen LogP contribution in [0.2, 0.25) is 0 Å². The number of carbonyl (C=O) groups excluding carboxylic acids is 2. The minimum atomic E-state index is -1.06. The van der Waals surface area contributed by atoms with Crippen molar-refractivity contribution in [3.8, 4) is 0 Å². The van der Waals surface area contributed by atoms with E-state index in [2.05, 4.69) is 0 Å². The average molecular weight is 318 g/mol. The molecule has 0 spiro atoms. The Morgan fingerprint density at radius 1 is 1.26 bits per heavy atom. The Morgan fingerprint density at radius 3 is 2.48 bits per heavy atom. The first-order valence-corrected chi connectivity index (χ1v) is 7.54. The molecule has 2 amide bonds. The molecular weight excluding hydrogens is 296 g/mol. The molecule has 1 aromatic rings. The number of carboxylic acids is 1. The van der Waals surface area contributed by atoms with Crippen LogP contribution < -0.4 is 0 Å². The molecule has 1 N–H and O–H groups in total. The summed E-state index contributed by atoms with van der Waals surface area (Å²) in [6.45, 7) is 6.07. The fourth-order valence-electron chi connectivity index (χ4n) is 2.67. The van der Waals surface area contributed by atoms with Crippen molar-refractivity contribution in [3.63, 3.8) is 0 Å². The van der Waals surface area contributed by atoms with Crippen molar-refractivity contribution in [2.45, 2.75) is 27.3 Å². The molecule has 0 atom stereocenters. The zero-order chi connectivity index (χ0) is 17.2. The third-order valence-electron chi connectivity index (χ3n) is 3.57. The SMILES string of the molecule is CC(C)(C)CN(CC(=O)O)C(=O)CN1Cc2ccccc2C1=O. The van der Waals surface area contributed by atoms with Crippen LogP contribution in [0, 0.1) is 5.41 Å². The Labute approximate surface area is 135 Å². The molecule has 0 unspecified atom stereocenters. The van der Waals surface area contributed by atoms with Gasteiger partial charge in [-0.3, -0.25) is 14.4 Å². The first-order valence-electron chi connectivity index (χ1n) is 7.54. The topological polar surface area (TPSA) is 77.9 Å². The Bertz CT molecular complexity index is 634. The van der Waals surface area contributed by atoms with Gasteiger partial charge in [0.1, 0.15) is 13.1 Å². The van der Waals surface area contributed by atoms with E-state index in [4.69, 9.17) is 5.11 Å². The minimum absolute atomic E-state index is 0.100. The van der Waals surface area contributed by atoms with E-state index in [-0.39, 0.29) is 30.3 Å². The lowest BCUT2D eigenvalue weighted by molar-refractivity contribution is -0.145. The monoisotopic (exact) mass is 318 g/mol. The highest BCUT2D eigenvalue weighted by molar-refractivity contribution is 6.00. The van der Waals surface area contributed by atoms with Gasteiger partial charge in [0.15, 0.2) is 0 Å². The maximum Gasteiger partial charge on any atom is 0.323 e. The molecule has 0 fully saturated rings. The predicted octanol–water partition coefficient (Wildman–Crippen LogP) is 1.60. The van der Waals surface area contributed by atoms with Crippen LogP contribution in [0.15, 0.2) is 24.3 Å². The van der Waals surface area contributed by atoms with E-state index in [0.29, 0.717) is 18.7 Å². The van der Waals surface area contributed by atoms with Crippen LogP contribution >= 0.6 is 0 Å². The Morgan fingerprint density at radius 2 is 1.91 bits per heavy atom. The lowest BCUT2D eigenvalue weighted by atomic mass is 9.96. The summed E-state index contributed by atoms with van der Waals surface area (Å²) in [5.41, 5.74) is 1.29. The molecule has 1 aromatic carbocycles. The number of fused-ring (bicyclic) bond motifs is 1. The second-order valence-electron chi connectivity index (χ2n) is 7.02. The number of nitrogens with zero attached hydrogens (tertiary/aromatic N) is 2. The van der Waals surface area contributed by atoms with Crippen LogP contribution in [-0.2, 0) is 16.1 Å². The zero-order valence-electron chi connectivity index (χ0n) is 13.7. The highest BCUT2D eigenvalue weighted by Gasteiger charge is 2.31. The third kappa shape index (κ3) is 4.31. The molecule has 0 aromatic heterocycles. The molecule has 1 aliphatic rings. The molecule has 6 heteroatoms. The maximum atomic E-state index is 12.5. The van der Waals surface area contributed by atoms with Gasteiger partial charge in [-0.1, -0.05) is 39.0 Å². The van der Waals surface area contributed by atoms with Crippen molar-refractivity contribution in [1.82, 2.24) is 9.80 Å². The highest BCUT2D eigenvalue weighted by atomic mass is 16.4. The minimum Gasteiger partial charge on any atom is -0.480 e. The van der Waals surface area contributed by atoms with Crippen LogP contribution in [0.3, 0.4) is 0 Å².